The van der Waals surface area contributed by atoms with Gasteiger partial charge in [0.15, 0.2) is 0 Å². The van der Waals surface area contributed by atoms with E-state index in [9.17, 15) is 14.7 Å². The highest BCUT2D eigenvalue weighted by molar-refractivity contribution is 5.87. The van der Waals surface area contributed by atoms with E-state index in [-0.39, 0.29) is 30.0 Å². The molecule has 0 aliphatic carbocycles. The maximum atomic E-state index is 12.1. The number of rotatable bonds is 5. The van der Waals surface area contributed by atoms with Crippen LogP contribution in [-0.4, -0.2) is 41.1 Å². The molecule has 0 radical (unpaired) electrons. The summed E-state index contributed by atoms with van der Waals surface area (Å²) in [5.41, 5.74) is 4.19. The minimum atomic E-state index is -0.349. The number of hydrogen-bond acceptors (Lipinski definition) is 4. The normalized spacial score (nSPS) is 17.2. The lowest BCUT2D eigenvalue weighted by Crippen LogP contribution is -2.36. The van der Waals surface area contributed by atoms with Crippen molar-refractivity contribution in [3.63, 3.8) is 0 Å². The van der Waals surface area contributed by atoms with Crippen molar-refractivity contribution in [2.45, 2.75) is 12.3 Å². The third kappa shape index (κ3) is 4.44. The van der Waals surface area contributed by atoms with E-state index in [2.05, 4.69) is 10.5 Å². The number of hydrazone groups is 1. The quantitative estimate of drug-likeness (QED) is 0.645. The van der Waals surface area contributed by atoms with Crippen molar-refractivity contribution in [3.05, 3.63) is 65.7 Å². The molecule has 1 saturated heterocycles. The summed E-state index contributed by atoms with van der Waals surface area (Å²) in [5.74, 6) is -0.124. The number of amides is 2. The zero-order valence-electron chi connectivity index (χ0n) is 13.6. The van der Waals surface area contributed by atoms with Crippen LogP contribution < -0.4 is 5.43 Å². The minimum absolute atomic E-state index is 0.0143. The molecule has 0 unspecified atom stereocenters. The number of benzene rings is 2. The number of nitrogens with one attached hydrogen (secondary N) is 1. The largest absolute Gasteiger partial charge is 0.508 e. The number of aromatic hydroxyl groups is 1. The molecule has 0 saturated carbocycles. The summed E-state index contributed by atoms with van der Waals surface area (Å²) in [6.45, 7) is 0.520. The van der Waals surface area contributed by atoms with Crippen LogP contribution in [0.3, 0.4) is 0 Å². The van der Waals surface area contributed by atoms with Gasteiger partial charge in [0.05, 0.1) is 6.21 Å². The fourth-order valence-electron chi connectivity index (χ4n) is 2.87. The Hall–Kier alpha value is -3.15. The smallest absolute Gasteiger partial charge is 0.259 e. The Morgan fingerprint density at radius 2 is 2.04 bits per heavy atom. The van der Waals surface area contributed by atoms with Gasteiger partial charge in [-0.15, -0.1) is 0 Å². The average molecular weight is 337 g/mol. The summed E-state index contributed by atoms with van der Waals surface area (Å²) in [7, 11) is 0. The van der Waals surface area contributed by atoms with Gasteiger partial charge in [-0.25, -0.2) is 5.43 Å². The maximum absolute atomic E-state index is 12.1. The molecule has 0 spiro atoms. The second-order valence-electron chi connectivity index (χ2n) is 5.97. The van der Waals surface area contributed by atoms with Crippen LogP contribution in [0.2, 0.25) is 0 Å². The predicted molar refractivity (Wildman–Crippen MR) is 94.2 cm³/mol. The van der Waals surface area contributed by atoms with Crippen LogP contribution in [0.1, 0.15) is 23.5 Å². The van der Waals surface area contributed by atoms with Crippen LogP contribution in [-0.2, 0) is 9.59 Å². The van der Waals surface area contributed by atoms with E-state index < -0.39 is 0 Å². The Labute approximate surface area is 145 Å². The summed E-state index contributed by atoms with van der Waals surface area (Å²) in [5, 5.41) is 13.2. The maximum Gasteiger partial charge on any atom is 0.259 e. The molecule has 2 aromatic rings. The van der Waals surface area contributed by atoms with E-state index in [0.717, 1.165) is 5.56 Å². The molecule has 0 aromatic heterocycles. The molecule has 6 nitrogen and oxygen atoms in total. The van der Waals surface area contributed by atoms with Gasteiger partial charge in [-0.1, -0.05) is 42.5 Å². The highest BCUT2D eigenvalue weighted by Gasteiger charge is 2.31. The van der Waals surface area contributed by atoms with E-state index in [4.69, 9.17) is 0 Å². The lowest BCUT2D eigenvalue weighted by atomic mass is 9.99. The molecule has 25 heavy (non-hydrogen) atoms. The lowest BCUT2D eigenvalue weighted by Gasteiger charge is -2.15. The van der Waals surface area contributed by atoms with E-state index in [1.165, 1.54) is 12.3 Å². The number of hydrogen-bond donors (Lipinski definition) is 2. The monoisotopic (exact) mass is 337 g/mol. The molecule has 1 heterocycles. The molecule has 6 heteroatoms. The number of carbonyl (C=O) groups is 2. The van der Waals surface area contributed by atoms with Gasteiger partial charge in [0.2, 0.25) is 5.91 Å². The zero-order chi connectivity index (χ0) is 17.6. The first-order valence-corrected chi connectivity index (χ1v) is 8.05. The molecule has 128 valence electrons. The van der Waals surface area contributed by atoms with Gasteiger partial charge in [-0.3, -0.25) is 9.59 Å². The van der Waals surface area contributed by atoms with E-state index in [1.54, 1.807) is 23.1 Å². The van der Waals surface area contributed by atoms with Gasteiger partial charge in [0, 0.05) is 18.9 Å². The Morgan fingerprint density at radius 3 is 2.80 bits per heavy atom. The molecule has 1 fully saturated rings. The molecule has 2 N–H and O–H groups in total. The SMILES string of the molecule is O=C(CN1C[C@@H](c2ccccc2)CC1=O)N/N=C\c1cccc(O)c1. The third-order valence-electron chi connectivity index (χ3n) is 4.09. The molecule has 1 aliphatic heterocycles. The van der Waals surface area contributed by atoms with Crippen LogP contribution in [0, 0.1) is 0 Å². The Balaban J connectivity index is 1.52. The third-order valence-corrected chi connectivity index (χ3v) is 4.09. The zero-order valence-corrected chi connectivity index (χ0v) is 13.6. The Kier molecular flexibility index (Phi) is 5.09. The molecule has 1 aliphatic rings. The summed E-state index contributed by atoms with van der Waals surface area (Å²) < 4.78 is 0. The van der Waals surface area contributed by atoms with Crippen molar-refractivity contribution >= 4 is 18.0 Å². The lowest BCUT2D eigenvalue weighted by molar-refractivity contribution is -0.133. The number of nitrogens with zero attached hydrogens (tertiary/aromatic N) is 2. The number of carbonyl (C=O) groups excluding carboxylic acids is 2. The first-order chi connectivity index (χ1) is 12.1. The molecular formula is C19H19N3O3. The fraction of sp³-hybridized carbons (Fsp3) is 0.211. The van der Waals surface area contributed by atoms with Gasteiger partial charge in [-0.05, 0) is 23.3 Å². The van der Waals surface area contributed by atoms with Crippen molar-refractivity contribution in [1.82, 2.24) is 10.3 Å². The van der Waals surface area contributed by atoms with Crippen molar-refractivity contribution in [1.29, 1.82) is 0 Å². The van der Waals surface area contributed by atoms with E-state index in [0.29, 0.717) is 18.5 Å². The van der Waals surface area contributed by atoms with Crippen LogP contribution in [0.25, 0.3) is 0 Å². The van der Waals surface area contributed by atoms with Gasteiger partial charge in [0.25, 0.3) is 5.91 Å². The molecular weight excluding hydrogens is 318 g/mol. The van der Waals surface area contributed by atoms with Gasteiger partial charge < -0.3 is 10.0 Å². The summed E-state index contributed by atoms with van der Waals surface area (Å²) in [4.78, 5) is 25.6. The number of phenolic OH excluding ortho intramolecular Hbond substituents is 1. The van der Waals surface area contributed by atoms with Crippen LogP contribution in [0.4, 0.5) is 0 Å². The molecule has 2 amide bonds. The summed E-state index contributed by atoms with van der Waals surface area (Å²) in [6.07, 6.45) is 1.86. The van der Waals surface area contributed by atoms with Crippen molar-refractivity contribution < 1.29 is 14.7 Å². The van der Waals surface area contributed by atoms with Crippen LogP contribution in [0.15, 0.2) is 59.7 Å². The summed E-state index contributed by atoms with van der Waals surface area (Å²) in [6, 6.07) is 16.4. The summed E-state index contributed by atoms with van der Waals surface area (Å²) >= 11 is 0. The fourth-order valence-corrected chi connectivity index (χ4v) is 2.87. The number of phenols is 1. The topological polar surface area (TPSA) is 82.0 Å². The Morgan fingerprint density at radius 1 is 1.24 bits per heavy atom. The predicted octanol–water partition coefficient (Wildman–Crippen LogP) is 1.86. The van der Waals surface area contributed by atoms with Crippen molar-refractivity contribution in [2.24, 2.45) is 5.10 Å². The standard InChI is InChI=1S/C19H19N3O3/c23-17-8-4-5-14(9-17)11-20-21-18(24)13-22-12-16(10-19(22)25)15-6-2-1-3-7-15/h1-9,11,16,23H,10,12-13H2,(H,21,24)/b20-11-/t16-/m0/s1. The van der Waals surface area contributed by atoms with Crippen LogP contribution in [0.5, 0.6) is 5.75 Å². The Bertz CT molecular complexity index is 790. The highest BCUT2D eigenvalue weighted by Crippen LogP contribution is 2.27. The van der Waals surface area contributed by atoms with Crippen molar-refractivity contribution in [3.8, 4) is 5.75 Å². The van der Waals surface area contributed by atoms with Gasteiger partial charge in [0.1, 0.15) is 12.3 Å². The molecule has 0 bridgehead atoms. The highest BCUT2D eigenvalue weighted by atomic mass is 16.3. The first-order valence-electron chi connectivity index (χ1n) is 8.05. The first kappa shape index (κ1) is 16.7. The van der Waals surface area contributed by atoms with E-state index in [1.807, 2.05) is 30.3 Å². The molecule has 3 rings (SSSR count). The van der Waals surface area contributed by atoms with Gasteiger partial charge in [-0.2, -0.15) is 5.10 Å². The minimum Gasteiger partial charge on any atom is -0.508 e. The van der Waals surface area contributed by atoms with Gasteiger partial charge >= 0.3 is 0 Å². The second kappa shape index (κ2) is 7.61. The molecule has 2 aromatic carbocycles. The second-order valence-corrected chi connectivity index (χ2v) is 5.97. The van der Waals surface area contributed by atoms with Crippen LogP contribution >= 0.6 is 0 Å². The average Bonchev–Trinajstić information content (AvgIpc) is 2.96. The number of likely N-dealkylation sites (tertiary alicyclic amines) is 1. The molecule has 1 atom stereocenters. The van der Waals surface area contributed by atoms with Crippen molar-refractivity contribution in [2.75, 3.05) is 13.1 Å². The van der Waals surface area contributed by atoms with E-state index >= 15 is 0 Å².